The number of allylic oxidation sites excluding steroid dienone is 1. The Balaban J connectivity index is 1.53. The van der Waals surface area contributed by atoms with E-state index in [2.05, 4.69) is 6.58 Å². The number of carbonyl (C=O) groups excluding carboxylic acids is 3. The Hall–Kier alpha value is -3.19. The second-order valence-electron chi connectivity index (χ2n) is 7.95. The summed E-state index contributed by atoms with van der Waals surface area (Å²) < 4.78 is 10.9. The van der Waals surface area contributed by atoms with Gasteiger partial charge in [0.1, 0.15) is 18.5 Å². The van der Waals surface area contributed by atoms with Crippen LogP contribution in [0, 0.1) is 11.8 Å². The fraction of sp³-hybridized carbons (Fsp3) is 0.348. The van der Waals surface area contributed by atoms with Crippen LogP contribution in [0.15, 0.2) is 59.2 Å². The first-order valence-corrected chi connectivity index (χ1v) is 9.72. The van der Waals surface area contributed by atoms with Gasteiger partial charge in [-0.1, -0.05) is 24.3 Å². The molecule has 1 aliphatic heterocycles. The summed E-state index contributed by atoms with van der Waals surface area (Å²) in [6, 6.07) is 6.22. The molecule has 0 amide bonds. The Kier molecular flexibility index (Phi) is 5.07. The van der Waals surface area contributed by atoms with Crippen molar-refractivity contribution in [2.75, 3.05) is 6.61 Å². The van der Waals surface area contributed by atoms with Crippen molar-refractivity contribution in [1.82, 2.24) is 0 Å². The van der Waals surface area contributed by atoms with E-state index in [1.54, 1.807) is 19.1 Å². The Labute approximate surface area is 173 Å². The molecule has 0 unspecified atom stereocenters. The van der Waals surface area contributed by atoms with Gasteiger partial charge in [-0.05, 0) is 42.7 Å². The lowest BCUT2D eigenvalue weighted by atomic mass is 9.82. The van der Waals surface area contributed by atoms with Gasteiger partial charge in [0.25, 0.3) is 0 Å². The maximum Gasteiger partial charge on any atom is 0.334 e. The highest BCUT2D eigenvalue weighted by Crippen LogP contribution is 2.47. The first-order chi connectivity index (χ1) is 14.3. The number of carbonyl (C=O) groups is 3. The van der Waals surface area contributed by atoms with Gasteiger partial charge in [-0.3, -0.25) is 9.59 Å². The van der Waals surface area contributed by atoms with Crippen molar-refractivity contribution < 1.29 is 34.1 Å². The van der Waals surface area contributed by atoms with E-state index in [1.807, 2.05) is 0 Å². The maximum absolute atomic E-state index is 12.7. The molecule has 2 N–H and O–H groups in total. The van der Waals surface area contributed by atoms with Crippen LogP contribution in [0.25, 0.3) is 0 Å². The number of hydrogen-bond acceptors (Lipinski definition) is 7. The SMILES string of the molecule is C=C1C(=O)O[C@@H]2[C@H]3C(COC(=O)Cc4ccc(O)cc4)=CC(=O)C3=C(C)C[C@H](O)[C@@H]12. The number of aliphatic hydroxyl groups excluding tert-OH is 1. The summed E-state index contributed by atoms with van der Waals surface area (Å²) in [6.07, 6.45) is 0.0702. The van der Waals surface area contributed by atoms with Crippen LogP contribution in [0.1, 0.15) is 18.9 Å². The third-order valence-corrected chi connectivity index (χ3v) is 5.96. The zero-order valence-corrected chi connectivity index (χ0v) is 16.5. The highest BCUT2D eigenvalue weighted by Gasteiger charge is 2.53. The Morgan fingerprint density at radius 1 is 1.27 bits per heavy atom. The van der Waals surface area contributed by atoms with Crippen LogP contribution < -0.4 is 0 Å². The molecule has 7 heteroatoms. The summed E-state index contributed by atoms with van der Waals surface area (Å²) in [4.78, 5) is 37.0. The fourth-order valence-electron chi connectivity index (χ4n) is 4.54. The van der Waals surface area contributed by atoms with E-state index >= 15 is 0 Å². The lowest BCUT2D eigenvalue weighted by molar-refractivity contribution is -0.144. The predicted molar refractivity (Wildman–Crippen MR) is 105 cm³/mol. The van der Waals surface area contributed by atoms with E-state index in [4.69, 9.17) is 9.47 Å². The molecule has 0 radical (unpaired) electrons. The molecule has 4 rings (SSSR count). The summed E-state index contributed by atoms with van der Waals surface area (Å²) in [5.41, 5.74) is 2.65. The quantitative estimate of drug-likeness (QED) is 0.575. The molecule has 3 aliphatic rings. The highest BCUT2D eigenvalue weighted by atomic mass is 16.6. The molecule has 1 aromatic carbocycles. The molecule has 1 heterocycles. The van der Waals surface area contributed by atoms with Crippen molar-refractivity contribution >= 4 is 17.7 Å². The molecule has 0 bridgehead atoms. The van der Waals surface area contributed by atoms with E-state index in [-0.39, 0.29) is 36.6 Å². The number of aliphatic hydroxyl groups is 1. The van der Waals surface area contributed by atoms with Crippen molar-refractivity contribution in [3.05, 3.63) is 64.8 Å². The third kappa shape index (κ3) is 3.45. The average molecular weight is 410 g/mol. The van der Waals surface area contributed by atoms with Crippen molar-refractivity contribution in [2.24, 2.45) is 11.8 Å². The number of phenolic OH excluding ortho intramolecular Hbond substituents is 1. The Morgan fingerprint density at radius 3 is 2.67 bits per heavy atom. The van der Waals surface area contributed by atoms with E-state index in [0.717, 1.165) is 5.57 Å². The van der Waals surface area contributed by atoms with Crippen LogP contribution in [0.5, 0.6) is 5.75 Å². The second-order valence-corrected chi connectivity index (χ2v) is 7.95. The van der Waals surface area contributed by atoms with Gasteiger partial charge in [-0.2, -0.15) is 0 Å². The molecule has 156 valence electrons. The molecular weight excluding hydrogens is 388 g/mol. The minimum absolute atomic E-state index is 0.0183. The first kappa shape index (κ1) is 20.1. The molecule has 1 aromatic rings. The van der Waals surface area contributed by atoms with Crippen LogP contribution in [0.4, 0.5) is 0 Å². The normalized spacial score (nSPS) is 27.9. The molecule has 0 aromatic heterocycles. The predicted octanol–water partition coefficient (Wildman–Crippen LogP) is 1.78. The van der Waals surface area contributed by atoms with Crippen LogP contribution in [0.2, 0.25) is 0 Å². The van der Waals surface area contributed by atoms with E-state index in [9.17, 15) is 24.6 Å². The maximum atomic E-state index is 12.7. The number of fused-ring (bicyclic) bond motifs is 3. The van der Waals surface area contributed by atoms with E-state index in [0.29, 0.717) is 16.7 Å². The van der Waals surface area contributed by atoms with Crippen LogP contribution >= 0.6 is 0 Å². The summed E-state index contributed by atoms with van der Waals surface area (Å²) in [5.74, 6) is -2.36. The lowest BCUT2D eigenvalue weighted by Gasteiger charge is -2.26. The number of benzene rings is 1. The minimum Gasteiger partial charge on any atom is -0.508 e. The highest BCUT2D eigenvalue weighted by molar-refractivity contribution is 6.09. The lowest BCUT2D eigenvalue weighted by Crippen LogP contribution is -2.34. The molecule has 7 nitrogen and oxygen atoms in total. The zero-order chi connectivity index (χ0) is 21.6. The molecular formula is C23H22O7. The molecule has 1 fully saturated rings. The molecule has 30 heavy (non-hydrogen) atoms. The second kappa shape index (κ2) is 7.57. The van der Waals surface area contributed by atoms with Crippen molar-refractivity contribution in [2.45, 2.75) is 32.0 Å². The fourth-order valence-corrected chi connectivity index (χ4v) is 4.54. The Bertz CT molecular complexity index is 999. The van der Waals surface area contributed by atoms with Gasteiger partial charge < -0.3 is 19.7 Å². The first-order valence-electron chi connectivity index (χ1n) is 9.72. The topological polar surface area (TPSA) is 110 Å². The zero-order valence-electron chi connectivity index (χ0n) is 16.5. The summed E-state index contributed by atoms with van der Waals surface area (Å²) in [7, 11) is 0. The minimum atomic E-state index is -0.877. The van der Waals surface area contributed by atoms with Gasteiger partial charge in [-0.25, -0.2) is 4.79 Å². The molecule has 0 saturated carbocycles. The number of ketones is 1. The number of ether oxygens (including phenoxy) is 2. The van der Waals surface area contributed by atoms with Crippen molar-refractivity contribution in [3.63, 3.8) is 0 Å². The smallest absolute Gasteiger partial charge is 0.334 e. The van der Waals surface area contributed by atoms with Gasteiger partial charge in [-0.15, -0.1) is 0 Å². The molecule has 2 aliphatic carbocycles. The average Bonchev–Trinajstić information content (AvgIpc) is 3.14. The van der Waals surface area contributed by atoms with Gasteiger partial charge in [0.05, 0.1) is 24.4 Å². The summed E-state index contributed by atoms with van der Waals surface area (Å²) >= 11 is 0. The third-order valence-electron chi connectivity index (χ3n) is 5.96. The number of phenols is 1. The summed E-state index contributed by atoms with van der Waals surface area (Å²) in [6.45, 7) is 5.42. The molecule has 1 saturated heterocycles. The Morgan fingerprint density at radius 2 is 1.97 bits per heavy atom. The number of aromatic hydroxyl groups is 1. The molecule has 4 atom stereocenters. The summed E-state index contributed by atoms with van der Waals surface area (Å²) in [5, 5.41) is 19.9. The van der Waals surface area contributed by atoms with E-state index in [1.165, 1.54) is 18.2 Å². The standard InChI is InChI=1S/C23H22O7/c1-11-7-16(25)20-12(2)23(28)30-22(20)21-14(9-17(26)19(11)21)10-29-18(27)8-13-3-5-15(24)6-4-13/h3-6,9,16,20-22,24-25H,2,7-8,10H2,1H3/t16-,20+,21-,22-/m0/s1. The number of rotatable bonds is 4. The molecule has 0 spiro atoms. The van der Waals surface area contributed by atoms with Gasteiger partial charge >= 0.3 is 11.9 Å². The monoisotopic (exact) mass is 410 g/mol. The largest absolute Gasteiger partial charge is 0.508 e. The van der Waals surface area contributed by atoms with Crippen LogP contribution in [-0.2, 0) is 30.3 Å². The number of esters is 2. The van der Waals surface area contributed by atoms with E-state index < -0.39 is 36.0 Å². The van der Waals surface area contributed by atoms with Crippen LogP contribution in [-0.4, -0.2) is 46.7 Å². The van der Waals surface area contributed by atoms with Crippen molar-refractivity contribution in [3.8, 4) is 5.75 Å². The van der Waals surface area contributed by atoms with Gasteiger partial charge in [0.2, 0.25) is 0 Å². The van der Waals surface area contributed by atoms with Crippen LogP contribution in [0.3, 0.4) is 0 Å². The van der Waals surface area contributed by atoms with Gasteiger partial charge in [0.15, 0.2) is 5.78 Å². The van der Waals surface area contributed by atoms with Crippen molar-refractivity contribution in [1.29, 1.82) is 0 Å². The number of hydrogen-bond donors (Lipinski definition) is 2. The van der Waals surface area contributed by atoms with Gasteiger partial charge in [0, 0.05) is 11.1 Å².